The van der Waals surface area contributed by atoms with Crippen LogP contribution in [-0.4, -0.2) is 40.5 Å². The highest BCUT2D eigenvalue weighted by molar-refractivity contribution is 7.80. The van der Waals surface area contributed by atoms with Crippen LogP contribution in [0.15, 0.2) is 0 Å². The molecule has 0 amide bonds. The van der Waals surface area contributed by atoms with Crippen LogP contribution in [0.3, 0.4) is 0 Å². The first-order valence-corrected chi connectivity index (χ1v) is 6.90. The Morgan fingerprint density at radius 2 is 1.80 bits per heavy atom. The number of hydrogen-bond donors (Lipinski definition) is 2. The second kappa shape index (κ2) is 3.64. The van der Waals surface area contributed by atoms with Gasteiger partial charge in [0, 0.05) is 18.6 Å². The van der Waals surface area contributed by atoms with Crippen LogP contribution >= 0.6 is 12.6 Å². The van der Waals surface area contributed by atoms with E-state index >= 15 is 0 Å². The van der Waals surface area contributed by atoms with Gasteiger partial charge in [-0.3, -0.25) is 4.90 Å². The van der Waals surface area contributed by atoms with Crippen LogP contribution in [0.1, 0.15) is 38.5 Å². The van der Waals surface area contributed by atoms with Crippen molar-refractivity contribution in [1.29, 1.82) is 0 Å². The minimum Gasteiger partial charge on any atom is -0.393 e. The first kappa shape index (κ1) is 10.4. The summed E-state index contributed by atoms with van der Waals surface area (Å²) in [5.41, 5.74) is 0.548. The fourth-order valence-corrected chi connectivity index (χ4v) is 3.85. The molecule has 15 heavy (non-hydrogen) atoms. The van der Waals surface area contributed by atoms with E-state index in [9.17, 15) is 5.11 Å². The summed E-state index contributed by atoms with van der Waals surface area (Å²) >= 11 is 4.48. The summed E-state index contributed by atoms with van der Waals surface area (Å²) in [6, 6.07) is 1.35. The van der Waals surface area contributed by atoms with E-state index in [1.54, 1.807) is 0 Å². The number of aliphatic hydroxyl groups is 1. The highest BCUT2D eigenvalue weighted by atomic mass is 32.1. The summed E-state index contributed by atoms with van der Waals surface area (Å²) < 4.78 is 0. The highest BCUT2D eigenvalue weighted by Gasteiger charge is 2.48. The van der Waals surface area contributed by atoms with E-state index < -0.39 is 0 Å². The maximum Gasteiger partial charge on any atom is 0.0570 e. The molecule has 0 aromatic carbocycles. The quantitative estimate of drug-likeness (QED) is 0.717. The lowest BCUT2D eigenvalue weighted by Gasteiger charge is -2.39. The molecular formula is C12H21NOS. The first-order valence-electron chi connectivity index (χ1n) is 6.27. The topological polar surface area (TPSA) is 23.5 Å². The van der Waals surface area contributed by atoms with Crippen LogP contribution in [0.5, 0.6) is 0 Å². The Morgan fingerprint density at radius 1 is 1.20 bits per heavy atom. The van der Waals surface area contributed by atoms with Crippen LogP contribution in [0.2, 0.25) is 0 Å². The molecule has 3 fully saturated rings. The Bertz CT molecular complexity index is 240. The molecule has 1 N–H and O–H groups in total. The van der Waals surface area contributed by atoms with Gasteiger partial charge in [-0.2, -0.15) is 12.6 Å². The Labute approximate surface area is 97.4 Å². The fourth-order valence-electron chi connectivity index (χ4n) is 3.43. The van der Waals surface area contributed by atoms with Crippen LogP contribution in [-0.2, 0) is 0 Å². The lowest BCUT2D eigenvalue weighted by atomic mass is 9.97. The Balaban J connectivity index is 1.67. The third-order valence-electron chi connectivity index (χ3n) is 4.67. The van der Waals surface area contributed by atoms with Gasteiger partial charge >= 0.3 is 0 Å². The van der Waals surface area contributed by atoms with Crippen molar-refractivity contribution in [2.24, 2.45) is 5.41 Å². The lowest BCUT2D eigenvalue weighted by Crippen LogP contribution is -2.47. The van der Waals surface area contributed by atoms with Crippen LogP contribution in [0, 0.1) is 5.41 Å². The molecule has 2 nitrogen and oxygen atoms in total. The number of piperidine rings is 1. The molecule has 2 saturated heterocycles. The van der Waals surface area contributed by atoms with Gasteiger partial charge in [0.05, 0.1) is 6.10 Å². The molecule has 2 unspecified atom stereocenters. The van der Waals surface area contributed by atoms with Crippen molar-refractivity contribution >= 4 is 12.6 Å². The van der Waals surface area contributed by atoms with E-state index in [1.165, 1.54) is 32.2 Å². The average Bonchev–Trinajstić information content (AvgIpc) is 2.94. The van der Waals surface area contributed by atoms with E-state index in [0.717, 1.165) is 18.6 Å². The van der Waals surface area contributed by atoms with E-state index in [4.69, 9.17) is 0 Å². The second-order valence-corrected chi connectivity index (χ2v) is 6.16. The number of fused-ring (bicyclic) bond motifs is 2. The second-order valence-electron chi connectivity index (χ2n) is 5.84. The van der Waals surface area contributed by atoms with Gasteiger partial charge in [0.1, 0.15) is 0 Å². The molecule has 2 heterocycles. The van der Waals surface area contributed by atoms with Crippen molar-refractivity contribution in [2.75, 3.05) is 12.3 Å². The zero-order chi connectivity index (χ0) is 10.5. The third kappa shape index (κ3) is 1.83. The van der Waals surface area contributed by atoms with Crippen molar-refractivity contribution in [2.45, 2.75) is 56.7 Å². The van der Waals surface area contributed by atoms with Crippen LogP contribution in [0.4, 0.5) is 0 Å². The standard InChI is InChI=1S/C12H21NOS/c14-11-5-9-1-2-10(6-11)13(9)7-12(8-15)3-4-12/h9-11,14-15H,1-8H2. The van der Waals surface area contributed by atoms with Crippen molar-refractivity contribution in [3.05, 3.63) is 0 Å². The molecule has 86 valence electrons. The molecule has 1 aliphatic carbocycles. The van der Waals surface area contributed by atoms with Gasteiger partial charge in [0.2, 0.25) is 0 Å². The van der Waals surface area contributed by atoms with Crippen LogP contribution in [0.25, 0.3) is 0 Å². The normalized spacial score (nSPS) is 43.2. The van der Waals surface area contributed by atoms with Crippen LogP contribution < -0.4 is 0 Å². The van der Waals surface area contributed by atoms with Crippen molar-refractivity contribution in [3.8, 4) is 0 Å². The summed E-state index contributed by atoms with van der Waals surface area (Å²) in [5.74, 6) is 1.05. The van der Waals surface area contributed by atoms with E-state index in [1.807, 2.05) is 0 Å². The molecular weight excluding hydrogens is 206 g/mol. The number of hydrogen-bond acceptors (Lipinski definition) is 3. The smallest absolute Gasteiger partial charge is 0.0570 e. The van der Waals surface area contributed by atoms with Gasteiger partial charge in [-0.05, 0) is 49.7 Å². The molecule has 0 spiro atoms. The van der Waals surface area contributed by atoms with Gasteiger partial charge in [-0.15, -0.1) is 0 Å². The fraction of sp³-hybridized carbons (Fsp3) is 1.00. The maximum atomic E-state index is 9.74. The lowest BCUT2D eigenvalue weighted by molar-refractivity contribution is 0.0263. The molecule has 0 aromatic heterocycles. The Morgan fingerprint density at radius 3 is 2.27 bits per heavy atom. The molecule has 2 atom stereocenters. The minimum absolute atomic E-state index is 0.0232. The Hall–Kier alpha value is 0.270. The molecule has 2 bridgehead atoms. The predicted octanol–water partition coefficient (Wildman–Crippen LogP) is 1.68. The zero-order valence-electron chi connectivity index (χ0n) is 9.23. The van der Waals surface area contributed by atoms with Crippen molar-refractivity contribution < 1.29 is 5.11 Å². The summed E-state index contributed by atoms with van der Waals surface area (Å²) in [6.45, 7) is 1.25. The van der Waals surface area contributed by atoms with Gasteiger partial charge in [-0.1, -0.05) is 0 Å². The Kier molecular flexibility index (Phi) is 2.53. The highest BCUT2D eigenvalue weighted by Crippen LogP contribution is 2.49. The third-order valence-corrected chi connectivity index (χ3v) is 5.34. The number of rotatable bonds is 3. The molecule has 1 saturated carbocycles. The number of aliphatic hydroxyl groups excluding tert-OH is 1. The van der Waals surface area contributed by atoms with E-state index in [2.05, 4.69) is 17.5 Å². The zero-order valence-corrected chi connectivity index (χ0v) is 10.1. The van der Waals surface area contributed by atoms with Gasteiger partial charge in [-0.25, -0.2) is 0 Å². The SMILES string of the molecule is OC1CC2CCC(C1)N2CC1(CS)CC1. The number of thiol groups is 1. The number of nitrogens with zero attached hydrogens (tertiary/aromatic N) is 1. The monoisotopic (exact) mass is 227 g/mol. The van der Waals surface area contributed by atoms with Gasteiger partial charge in [0.25, 0.3) is 0 Å². The van der Waals surface area contributed by atoms with Gasteiger partial charge < -0.3 is 5.11 Å². The van der Waals surface area contributed by atoms with E-state index in [0.29, 0.717) is 17.5 Å². The maximum absolute atomic E-state index is 9.74. The molecule has 0 aromatic rings. The molecule has 0 radical (unpaired) electrons. The molecule has 3 aliphatic rings. The van der Waals surface area contributed by atoms with Crippen molar-refractivity contribution in [1.82, 2.24) is 4.90 Å². The van der Waals surface area contributed by atoms with Gasteiger partial charge in [0.15, 0.2) is 0 Å². The average molecular weight is 227 g/mol. The summed E-state index contributed by atoms with van der Waals surface area (Å²) in [5, 5.41) is 9.74. The van der Waals surface area contributed by atoms with Crippen molar-refractivity contribution in [3.63, 3.8) is 0 Å². The summed E-state index contributed by atoms with van der Waals surface area (Å²) in [4.78, 5) is 2.69. The summed E-state index contributed by atoms with van der Waals surface area (Å²) in [6.07, 6.45) is 7.36. The first-order chi connectivity index (χ1) is 7.22. The van der Waals surface area contributed by atoms with E-state index in [-0.39, 0.29) is 6.10 Å². The molecule has 3 heteroatoms. The largest absolute Gasteiger partial charge is 0.393 e. The molecule has 3 rings (SSSR count). The minimum atomic E-state index is -0.0232. The molecule has 2 aliphatic heterocycles. The predicted molar refractivity (Wildman–Crippen MR) is 64.3 cm³/mol. The summed E-state index contributed by atoms with van der Waals surface area (Å²) in [7, 11) is 0.